The summed E-state index contributed by atoms with van der Waals surface area (Å²) in [6, 6.07) is 20.3. The van der Waals surface area contributed by atoms with Gasteiger partial charge in [-0.25, -0.2) is 4.98 Å². The normalized spacial score (nSPS) is 14.5. The van der Waals surface area contributed by atoms with Crippen LogP contribution in [0.1, 0.15) is 17.5 Å². The van der Waals surface area contributed by atoms with Crippen LogP contribution in [0.4, 0.5) is 17.2 Å². The molecule has 8 heteroatoms. The van der Waals surface area contributed by atoms with Crippen molar-refractivity contribution in [1.82, 2.24) is 9.88 Å². The number of carbonyl (C=O) groups excluding carboxylic acids is 1. The van der Waals surface area contributed by atoms with E-state index in [4.69, 9.17) is 0 Å². The van der Waals surface area contributed by atoms with Crippen LogP contribution >= 0.6 is 0 Å². The predicted octanol–water partition coefficient (Wildman–Crippen LogP) is 3.88. The maximum Gasteiger partial charge on any atom is 0.269 e. The van der Waals surface area contributed by atoms with Gasteiger partial charge in [0.25, 0.3) is 5.69 Å². The molecule has 0 aliphatic carbocycles. The summed E-state index contributed by atoms with van der Waals surface area (Å²) in [7, 11) is 0. The Kier molecular flexibility index (Phi) is 7.26. The number of pyridine rings is 1. The van der Waals surface area contributed by atoms with Gasteiger partial charge in [-0.3, -0.25) is 19.8 Å². The first kappa shape index (κ1) is 22.4. The van der Waals surface area contributed by atoms with E-state index in [0.717, 1.165) is 56.1 Å². The van der Waals surface area contributed by atoms with E-state index >= 15 is 0 Å². The highest BCUT2D eigenvalue weighted by Crippen LogP contribution is 2.18. The van der Waals surface area contributed by atoms with E-state index in [1.54, 1.807) is 18.3 Å². The molecule has 0 atom stereocenters. The second-order valence-electron chi connectivity index (χ2n) is 8.16. The average molecular weight is 446 g/mol. The zero-order chi connectivity index (χ0) is 23.0. The molecular formula is C25H27N5O3. The summed E-state index contributed by atoms with van der Waals surface area (Å²) >= 11 is 0. The van der Waals surface area contributed by atoms with E-state index in [2.05, 4.69) is 20.1 Å². The van der Waals surface area contributed by atoms with Gasteiger partial charge in [-0.15, -0.1) is 0 Å². The van der Waals surface area contributed by atoms with Crippen LogP contribution in [0.25, 0.3) is 0 Å². The van der Waals surface area contributed by atoms with Crippen LogP contribution in [0.3, 0.4) is 0 Å². The number of anilines is 2. The van der Waals surface area contributed by atoms with Gasteiger partial charge in [0.1, 0.15) is 5.82 Å². The number of nitro groups is 1. The largest absolute Gasteiger partial charge is 0.355 e. The molecule has 0 unspecified atom stereocenters. The number of nitrogens with zero attached hydrogens (tertiary/aromatic N) is 4. The molecule has 2 heterocycles. The number of hydrogen-bond donors (Lipinski definition) is 1. The lowest BCUT2D eigenvalue weighted by molar-refractivity contribution is -0.384. The van der Waals surface area contributed by atoms with Gasteiger partial charge in [0.05, 0.1) is 23.2 Å². The molecule has 4 rings (SSSR count). The minimum Gasteiger partial charge on any atom is -0.355 e. The highest BCUT2D eigenvalue weighted by Gasteiger charge is 2.17. The first-order valence-corrected chi connectivity index (χ1v) is 11.1. The molecule has 0 spiro atoms. The third-order valence-electron chi connectivity index (χ3n) is 5.70. The molecule has 0 bridgehead atoms. The number of nitrogens with one attached hydrogen (secondary N) is 1. The molecule has 8 nitrogen and oxygen atoms in total. The molecular weight excluding hydrogens is 418 g/mol. The molecule has 0 radical (unpaired) electrons. The van der Waals surface area contributed by atoms with Crippen LogP contribution < -0.4 is 10.2 Å². The zero-order valence-electron chi connectivity index (χ0n) is 18.4. The van der Waals surface area contributed by atoms with Crippen molar-refractivity contribution in [2.45, 2.75) is 19.4 Å². The van der Waals surface area contributed by atoms with Gasteiger partial charge < -0.3 is 10.2 Å². The van der Waals surface area contributed by atoms with Crippen molar-refractivity contribution < 1.29 is 9.72 Å². The van der Waals surface area contributed by atoms with Gasteiger partial charge in [-0.1, -0.05) is 42.5 Å². The second-order valence-corrected chi connectivity index (χ2v) is 8.16. The number of hydrogen-bond acceptors (Lipinski definition) is 6. The number of carbonyl (C=O) groups is 1. The standard InChI is InChI=1S/C25H27N5O3/c31-25(17-20-5-2-1-3-6-20)27-22-9-12-24(26-18-22)29-14-4-13-28(15-16-29)19-21-7-10-23(11-8-21)30(32)33/h1-3,5-12,18H,4,13-17,19H2,(H,27,31). The number of benzene rings is 2. The Morgan fingerprint density at radius 3 is 2.42 bits per heavy atom. The van der Waals surface area contributed by atoms with Gasteiger partial charge in [-0.05, 0) is 29.7 Å². The van der Waals surface area contributed by atoms with Crippen LogP contribution in [-0.4, -0.2) is 46.9 Å². The summed E-state index contributed by atoms with van der Waals surface area (Å²) < 4.78 is 0. The smallest absolute Gasteiger partial charge is 0.269 e. The molecule has 1 aliphatic rings. The van der Waals surface area contributed by atoms with E-state index in [1.165, 1.54) is 0 Å². The Morgan fingerprint density at radius 1 is 0.939 bits per heavy atom. The quantitative estimate of drug-likeness (QED) is 0.438. The highest BCUT2D eigenvalue weighted by atomic mass is 16.6. The maximum atomic E-state index is 12.3. The molecule has 33 heavy (non-hydrogen) atoms. The number of aromatic nitrogens is 1. The monoisotopic (exact) mass is 445 g/mol. The number of nitro benzene ring substituents is 1. The summed E-state index contributed by atoms with van der Waals surface area (Å²) in [5.74, 6) is 0.834. The van der Waals surface area contributed by atoms with Crippen LogP contribution in [0.2, 0.25) is 0 Å². The van der Waals surface area contributed by atoms with E-state index in [0.29, 0.717) is 12.1 Å². The highest BCUT2D eigenvalue weighted by molar-refractivity contribution is 5.92. The van der Waals surface area contributed by atoms with E-state index in [1.807, 2.05) is 54.6 Å². The molecule has 1 aromatic heterocycles. The molecule has 1 aliphatic heterocycles. The lowest BCUT2D eigenvalue weighted by atomic mass is 10.1. The van der Waals surface area contributed by atoms with Crippen molar-refractivity contribution in [3.8, 4) is 0 Å². The van der Waals surface area contributed by atoms with E-state index in [-0.39, 0.29) is 16.5 Å². The van der Waals surface area contributed by atoms with Gasteiger partial charge in [-0.2, -0.15) is 0 Å². The molecule has 1 saturated heterocycles. The average Bonchev–Trinajstić information content (AvgIpc) is 3.06. The summed E-state index contributed by atoms with van der Waals surface area (Å²) in [4.78, 5) is 31.9. The van der Waals surface area contributed by atoms with Crippen LogP contribution in [0.5, 0.6) is 0 Å². The Morgan fingerprint density at radius 2 is 1.73 bits per heavy atom. The van der Waals surface area contributed by atoms with Gasteiger partial charge in [0.2, 0.25) is 5.91 Å². The van der Waals surface area contributed by atoms with Crippen LogP contribution in [0, 0.1) is 10.1 Å². The lowest BCUT2D eigenvalue weighted by Gasteiger charge is -2.23. The van der Waals surface area contributed by atoms with Gasteiger partial charge in [0.15, 0.2) is 0 Å². The number of rotatable bonds is 7. The summed E-state index contributed by atoms with van der Waals surface area (Å²) in [6.07, 6.45) is 3.04. The van der Waals surface area contributed by atoms with Crippen LogP contribution in [0.15, 0.2) is 72.9 Å². The predicted molar refractivity (Wildman–Crippen MR) is 128 cm³/mol. The van der Waals surface area contributed by atoms with Gasteiger partial charge >= 0.3 is 0 Å². The summed E-state index contributed by atoms with van der Waals surface area (Å²) in [5, 5.41) is 13.7. The zero-order valence-corrected chi connectivity index (χ0v) is 18.4. The number of non-ortho nitro benzene ring substituents is 1. The first-order chi connectivity index (χ1) is 16.1. The third-order valence-corrected chi connectivity index (χ3v) is 5.70. The van der Waals surface area contributed by atoms with Crippen molar-refractivity contribution >= 4 is 23.1 Å². The SMILES string of the molecule is O=C(Cc1ccccc1)Nc1ccc(N2CCCN(Cc3ccc([N+](=O)[O-])cc3)CC2)nc1. The van der Waals surface area contributed by atoms with Crippen molar-refractivity contribution in [2.24, 2.45) is 0 Å². The molecule has 3 aromatic rings. The molecule has 2 aromatic carbocycles. The minimum absolute atomic E-state index is 0.0626. The Labute approximate surface area is 193 Å². The number of amides is 1. The van der Waals surface area contributed by atoms with E-state index in [9.17, 15) is 14.9 Å². The fourth-order valence-corrected chi connectivity index (χ4v) is 3.97. The van der Waals surface area contributed by atoms with Crippen molar-refractivity contribution in [2.75, 3.05) is 36.4 Å². The molecule has 1 amide bonds. The van der Waals surface area contributed by atoms with Crippen molar-refractivity contribution in [3.63, 3.8) is 0 Å². The molecule has 1 fully saturated rings. The lowest BCUT2D eigenvalue weighted by Crippen LogP contribution is -2.31. The summed E-state index contributed by atoms with van der Waals surface area (Å²) in [5.41, 5.74) is 2.85. The maximum absolute atomic E-state index is 12.3. The minimum atomic E-state index is -0.374. The second kappa shape index (κ2) is 10.7. The Balaban J connectivity index is 1.28. The van der Waals surface area contributed by atoms with Gasteiger partial charge in [0, 0.05) is 44.9 Å². The van der Waals surface area contributed by atoms with Crippen molar-refractivity contribution in [3.05, 3.63) is 94.2 Å². The fraction of sp³-hybridized carbons (Fsp3) is 0.280. The topological polar surface area (TPSA) is 91.6 Å². The Hall–Kier alpha value is -3.78. The first-order valence-electron chi connectivity index (χ1n) is 11.1. The third kappa shape index (κ3) is 6.36. The fourth-order valence-electron chi connectivity index (χ4n) is 3.97. The molecule has 0 saturated carbocycles. The van der Waals surface area contributed by atoms with Crippen LogP contribution in [-0.2, 0) is 17.8 Å². The Bertz CT molecular complexity index is 1070. The summed E-state index contributed by atoms with van der Waals surface area (Å²) in [6.45, 7) is 4.37. The molecule has 1 N–H and O–H groups in total. The van der Waals surface area contributed by atoms with E-state index < -0.39 is 0 Å². The van der Waals surface area contributed by atoms with Crippen molar-refractivity contribution in [1.29, 1.82) is 0 Å². The molecule has 170 valence electrons.